The first kappa shape index (κ1) is 16.9. The van der Waals surface area contributed by atoms with Gasteiger partial charge in [0.05, 0.1) is 0 Å². The normalized spacial score (nSPS) is 12.9. The molecule has 0 aliphatic carbocycles. The Bertz CT molecular complexity index is 137. The van der Waals surface area contributed by atoms with E-state index in [1.54, 1.807) is 0 Å². The van der Waals surface area contributed by atoms with Gasteiger partial charge in [-0.2, -0.15) is 0 Å². The van der Waals surface area contributed by atoms with Crippen molar-refractivity contribution in [1.29, 1.82) is 0 Å². The van der Waals surface area contributed by atoms with E-state index >= 15 is 0 Å². The Morgan fingerprint density at radius 2 is 1.24 bits per heavy atom. The molecule has 0 saturated heterocycles. The first-order valence-corrected chi connectivity index (χ1v) is 7.56. The van der Waals surface area contributed by atoms with Gasteiger partial charge in [0.25, 0.3) is 0 Å². The van der Waals surface area contributed by atoms with Crippen molar-refractivity contribution in [3.63, 3.8) is 0 Å². The number of aliphatic hydroxyl groups is 2. The largest absolute Gasteiger partial charge is 0.396 e. The summed E-state index contributed by atoms with van der Waals surface area (Å²) in [6.45, 7) is 2.70. The maximum atomic E-state index is 9.07. The summed E-state index contributed by atoms with van der Waals surface area (Å²) in [5, 5.41) is 17.9. The zero-order valence-corrected chi connectivity index (χ0v) is 11.7. The molecule has 2 nitrogen and oxygen atoms in total. The lowest BCUT2D eigenvalue weighted by Crippen LogP contribution is -2.07. The van der Waals surface area contributed by atoms with E-state index in [-0.39, 0.29) is 13.2 Å². The summed E-state index contributed by atoms with van der Waals surface area (Å²) in [5.41, 5.74) is 0. The molecular formula is C15H32O2. The van der Waals surface area contributed by atoms with Crippen LogP contribution in [-0.2, 0) is 0 Å². The summed E-state index contributed by atoms with van der Waals surface area (Å²) in [4.78, 5) is 0. The molecule has 0 saturated carbocycles. The SMILES string of the molecule is CCCCCCCCCCCC(CO)CCO. The Kier molecular flexibility index (Phi) is 13.9. The average molecular weight is 244 g/mol. The zero-order valence-electron chi connectivity index (χ0n) is 11.7. The molecule has 17 heavy (non-hydrogen) atoms. The Balaban J connectivity index is 3.11. The molecule has 2 heteroatoms. The van der Waals surface area contributed by atoms with Crippen molar-refractivity contribution >= 4 is 0 Å². The summed E-state index contributed by atoms with van der Waals surface area (Å²) >= 11 is 0. The predicted molar refractivity (Wildman–Crippen MR) is 74.1 cm³/mol. The fraction of sp³-hybridized carbons (Fsp3) is 1.00. The van der Waals surface area contributed by atoms with Crippen LogP contribution in [-0.4, -0.2) is 23.4 Å². The lowest BCUT2D eigenvalue weighted by Gasteiger charge is -2.11. The van der Waals surface area contributed by atoms with Crippen LogP contribution in [0, 0.1) is 5.92 Å². The summed E-state index contributed by atoms with van der Waals surface area (Å²) in [6, 6.07) is 0. The van der Waals surface area contributed by atoms with Gasteiger partial charge in [0.15, 0.2) is 0 Å². The lowest BCUT2D eigenvalue weighted by molar-refractivity contribution is 0.174. The van der Waals surface area contributed by atoms with E-state index < -0.39 is 0 Å². The van der Waals surface area contributed by atoms with Crippen molar-refractivity contribution in [2.75, 3.05) is 13.2 Å². The second-order valence-electron chi connectivity index (χ2n) is 5.18. The van der Waals surface area contributed by atoms with Crippen LogP contribution >= 0.6 is 0 Å². The van der Waals surface area contributed by atoms with Crippen LogP contribution in [0.2, 0.25) is 0 Å². The van der Waals surface area contributed by atoms with Crippen molar-refractivity contribution < 1.29 is 10.2 Å². The number of aliphatic hydroxyl groups excluding tert-OH is 2. The van der Waals surface area contributed by atoms with E-state index in [0.29, 0.717) is 5.92 Å². The minimum Gasteiger partial charge on any atom is -0.396 e. The minimum atomic E-state index is 0.211. The molecule has 0 aliphatic heterocycles. The molecule has 0 fully saturated rings. The molecule has 0 aromatic carbocycles. The van der Waals surface area contributed by atoms with Gasteiger partial charge in [-0.1, -0.05) is 64.7 Å². The van der Waals surface area contributed by atoms with E-state index in [1.807, 2.05) is 0 Å². The molecular weight excluding hydrogens is 212 g/mol. The van der Waals surface area contributed by atoms with Crippen molar-refractivity contribution in [3.05, 3.63) is 0 Å². The lowest BCUT2D eigenvalue weighted by atomic mass is 9.98. The molecule has 0 aromatic heterocycles. The smallest absolute Gasteiger partial charge is 0.0460 e. The van der Waals surface area contributed by atoms with Crippen LogP contribution in [0.1, 0.15) is 77.6 Å². The third kappa shape index (κ3) is 12.2. The zero-order chi connectivity index (χ0) is 12.8. The van der Waals surface area contributed by atoms with Crippen LogP contribution in [0.4, 0.5) is 0 Å². The number of rotatable bonds is 13. The Hall–Kier alpha value is -0.0800. The molecule has 0 aromatic rings. The van der Waals surface area contributed by atoms with Gasteiger partial charge in [0.1, 0.15) is 0 Å². The van der Waals surface area contributed by atoms with Crippen LogP contribution in [0.15, 0.2) is 0 Å². The summed E-state index contributed by atoms with van der Waals surface area (Å²) in [7, 11) is 0. The van der Waals surface area contributed by atoms with Gasteiger partial charge >= 0.3 is 0 Å². The molecule has 0 bridgehead atoms. The maximum absolute atomic E-state index is 9.07. The highest BCUT2D eigenvalue weighted by Gasteiger charge is 2.05. The van der Waals surface area contributed by atoms with Crippen molar-refractivity contribution in [3.8, 4) is 0 Å². The standard InChI is InChI=1S/C15H32O2/c1-2-3-4-5-6-7-8-9-10-11-15(14-17)12-13-16/h15-17H,2-14H2,1H3. The monoisotopic (exact) mass is 244 g/mol. The average Bonchev–Trinajstić information content (AvgIpc) is 2.35. The molecule has 0 amide bonds. The van der Waals surface area contributed by atoms with Crippen molar-refractivity contribution in [2.45, 2.75) is 77.6 Å². The van der Waals surface area contributed by atoms with Crippen molar-refractivity contribution in [2.24, 2.45) is 5.92 Å². The quantitative estimate of drug-likeness (QED) is 0.482. The van der Waals surface area contributed by atoms with E-state index in [2.05, 4.69) is 6.92 Å². The Labute approximate surface area is 107 Å². The van der Waals surface area contributed by atoms with E-state index in [4.69, 9.17) is 10.2 Å². The molecule has 1 unspecified atom stereocenters. The highest BCUT2D eigenvalue weighted by Crippen LogP contribution is 2.15. The van der Waals surface area contributed by atoms with Gasteiger partial charge in [-0.3, -0.25) is 0 Å². The first-order valence-electron chi connectivity index (χ1n) is 7.56. The molecule has 2 N–H and O–H groups in total. The van der Waals surface area contributed by atoms with Crippen LogP contribution in [0.25, 0.3) is 0 Å². The second-order valence-corrected chi connectivity index (χ2v) is 5.18. The van der Waals surface area contributed by atoms with Crippen LogP contribution in [0.3, 0.4) is 0 Å². The van der Waals surface area contributed by atoms with E-state index in [1.165, 1.54) is 57.8 Å². The summed E-state index contributed by atoms with van der Waals surface area (Å²) in [6.07, 6.45) is 13.9. The van der Waals surface area contributed by atoms with E-state index in [9.17, 15) is 0 Å². The van der Waals surface area contributed by atoms with Crippen molar-refractivity contribution in [1.82, 2.24) is 0 Å². The van der Waals surface area contributed by atoms with E-state index in [0.717, 1.165) is 12.8 Å². The molecule has 0 rings (SSSR count). The molecule has 0 aliphatic rings. The maximum Gasteiger partial charge on any atom is 0.0460 e. The van der Waals surface area contributed by atoms with Crippen LogP contribution < -0.4 is 0 Å². The highest BCUT2D eigenvalue weighted by atomic mass is 16.3. The van der Waals surface area contributed by atoms with Crippen LogP contribution in [0.5, 0.6) is 0 Å². The van der Waals surface area contributed by atoms with Gasteiger partial charge in [-0.15, -0.1) is 0 Å². The first-order chi connectivity index (χ1) is 8.35. The minimum absolute atomic E-state index is 0.211. The topological polar surface area (TPSA) is 40.5 Å². The third-order valence-electron chi connectivity index (χ3n) is 3.51. The molecule has 104 valence electrons. The third-order valence-corrected chi connectivity index (χ3v) is 3.51. The fourth-order valence-electron chi connectivity index (χ4n) is 2.25. The van der Waals surface area contributed by atoms with Gasteiger partial charge in [0.2, 0.25) is 0 Å². The van der Waals surface area contributed by atoms with Gasteiger partial charge in [0, 0.05) is 13.2 Å². The predicted octanol–water partition coefficient (Wildman–Crippen LogP) is 3.90. The summed E-state index contributed by atoms with van der Waals surface area (Å²) in [5.74, 6) is 0.324. The highest BCUT2D eigenvalue weighted by molar-refractivity contribution is 4.57. The number of hydrogen-bond acceptors (Lipinski definition) is 2. The Morgan fingerprint density at radius 3 is 1.71 bits per heavy atom. The molecule has 1 atom stereocenters. The van der Waals surface area contributed by atoms with Gasteiger partial charge < -0.3 is 10.2 Å². The van der Waals surface area contributed by atoms with Gasteiger partial charge in [-0.25, -0.2) is 0 Å². The second kappa shape index (κ2) is 14.0. The molecule has 0 radical (unpaired) electrons. The van der Waals surface area contributed by atoms with Gasteiger partial charge in [-0.05, 0) is 18.8 Å². The molecule has 0 heterocycles. The summed E-state index contributed by atoms with van der Waals surface area (Å²) < 4.78 is 0. The Morgan fingerprint density at radius 1 is 0.706 bits per heavy atom. The molecule has 0 spiro atoms. The number of hydrogen-bond donors (Lipinski definition) is 2. The number of unbranched alkanes of at least 4 members (excludes halogenated alkanes) is 8. The fourth-order valence-corrected chi connectivity index (χ4v) is 2.25.